The van der Waals surface area contributed by atoms with Gasteiger partial charge in [0, 0.05) is 25.4 Å². The second kappa shape index (κ2) is 6.03. The largest absolute Gasteiger partial charge is 0.398 e. The summed E-state index contributed by atoms with van der Waals surface area (Å²) in [6, 6.07) is 6.21. The van der Waals surface area contributed by atoms with E-state index < -0.39 is 0 Å². The molecule has 1 aromatic rings. The van der Waals surface area contributed by atoms with Crippen LogP contribution in [0.15, 0.2) is 18.2 Å². The number of unbranched alkanes of at least 4 members (excludes halogenated alkanes) is 3. The molecule has 0 aromatic heterocycles. The normalized spacial score (nSPS) is 15.1. The first-order valence-electron chi connectivity index (χ1n) is 6.50. The van der Waals surface area contributed by atoms with Crippen molar-refractivity contribution in [1.29, 1.82) is 0 Å². The van der Waals surface area contributed by atoms with Crippen LogP contribution in [0.25, 0.3) is 0 Å². The standard InChI is InChI=1S/C14H22N2O/c15-14-7-5-6-12-10-16(11-13(12)14)8-3-1-2-4-9-17/h5-7,17H,1-4,8-11,15H2. The zero-order valence-electron chi connectivity index (χ0n) is 10.4. The number of nitrogen functional groups attached to an aromatic ring is 1. The van der Waals surface area contributed by atoms with Crippen molar-refractivity contribution in [3.8, 4) is 0 Å². The maximum atomic E-state index is 8.70. The predicted molar refractivity (Wildman–Crippen MR) is 70.5 cm³/mol. The Kier molecular flexibility index (Phi) is 4.40. The quantitative estimate of drug-likeness (QED) is 0.585. The van der Waals surface area contributed by atoms with Gasteiger partial charge in [0.25, 0.3) is 0 Å². The molecule has 0 amide bonds. The number of anilines is 1. The lowest BCUT2D eigenvalue weighted by molar-refractivity contribution is 0.265. The molecule has 94 valence electrons. The van der Waals surface area contributed by atoms with Crippen LogP contribution in [0.5, 0.6) is 0 Å². The van der Waals surface area contributed by atoms with Crippen molar-refractivity contribution < 1.29 is 5.11 Å². The molecule has 0 unspecified atom stereocenters. The second-order valence-corrected chi connectivity index (χ2v) is 4.83. The molecule has 3 heteroatoms. The van der Waals surface area contributed by atoms with Gasteiger partial charge in [0.2, 0.25) is 0 Å². The third kappa shape index (κ3) is 3.20. The number of nitrogens with two attached hydrogens (primary N) is 1. The Morgan fingerprint density at radius 1 is 1.12 bits per heavy atom. The number of hydrogen-bond donors (Lipinski definition) is 2. The lowest BCUT2D eigenvalue weighted by atomic mass is 10.1. The van der Waals surface area contributed by atoms with Gasteiger partial charge in [0.05, 0.1) is 0 Å². The van der Waals surface area contributed by atoms with Crippen molar-refractivity contribution in [1.82, 2.24) is 4.90 Å². The topological polar surface area (TPSA) is 49.5 Å². The second-order valence-electron chi connectivity index (χ2n) is 4.83. The average molecular weight is 234 g/mol. The molecule has 0 aliphatic carbocycles. The van der Waals surface area contributed by atoms with Gasteiger partial charge < -0.3 is 10.8 Å². The highest BCUT2D eigenvalue weighted by Gasteiger charge is 2.19. The van der Waals surface area contributed by atoms with Crippen molar-refractivity contribution in [3.63, 3.8) is 0 Å². The van der Waals surface area contributed by atoms with E-state index in [-0.39, 0.29) is 0 Å². The predicted octanol–water partition coefficient (Wildman–Crippen LogP) is 2.14. The Bertz CT molecular complexity index is 365. The Hall–Kier alpha value is -1.06. The Morgan fingerprint density at radius 2 is 1.94 bits per heavy atom. The fourth-order valence-electron chi connectivity index (χ4n) is 2.47. The summed E-state index contributed by atoms with van der Waals surface area (Å²) >= 11 is 0. The molecule has 1 aliphatic rings. The van der Waals surface area contributed by atoms with Crippen LogP contribution in [0.4, 0.5) is 5.69 Å². The fraction of sp³-hybridized carbons (Fsp3) is 0.571. The first-order chi connectivity index (χ1) is 8.31. The van der Waals surface area contributed by atoms with Gasteiger partial charge >= 0.3 is 0 Å². The number of benzene rings is 1. The van der Waals surface area contributed by atoms with E-state index in [2.05, 4.69) is 11.0 Å². The molecule has 1 aliphatic heterocycles. The van der Waals surface area contributed by atoms with Crippen molar-refractivity contribution >= 4 is 5.69 Å². The van der Waals surface area contributed by atoms with Crippen molar-refractivity contribution in [2.45, 2.75) is 38.8 Å². The van der Waals surface area contributed by atoms with E-state index in [4.69, 9.17) is 10.8 Å². The minimum atomic E-state index is 0.325. The van der Waals surface area contributed by atoms with Crippen LogP contribution in [0.3, 0.4) is 0 Å². The summed E-state index contributed by atoms with van der Waals surface area (Å²) in [4.78, 5) is 2.46. The van der Waals surface area contributed by atoms with Crippen LogP contribution in [-0.2, 0) is 13.1 Å². The van der Waals surface area contributed by atoms with Gasteiger partial charge in [-0.1, -0.05) is 25.0 Å². The van der Waals surface area contributed by atoms with Gasteiger partial charge in [-0.15, -0.1) is 0 Å². The summed E-state index contributed by atoms with van der Waals surface area (Å²) in [6.45, 7) is 3.51. The Labute approximate surface area is 103 Å². The van der Waals surface area contributed by atoms with E-state index in [0.717, 1.165) is 38.2 Å². The number of nitrogens with zero attached hydrogens (tertiary/aromatic N) is 1. The smallest absolute Gasteiger partial charge is 0.0431 e. The van der Waals surface area contributed by atoms with Crippen LogP contribution in [0.2, 0.25) is 0 Å². The van der Waals surface area contributed by atoms with Gasteiger partial charge in [0.15, 0.2) is 0 Å². The fourth-order valence-corrected chi connectivity index (χ4v) is 2.47. The Morgan fingerprint density at radius 3 is 2.71 bits per heavy atom. The highest BCUT2D eigenvalue weighted by atomic mass is 16.2. The molecule has 3 N–H and O–H groups in total. The summed E-state index contributed by atoms with van der Waals surface area (Å²) in [7, 11) is 0. The first kappa shape index (κ1) is 12.4. The van der Waals surface area contributed by atoms with Gasteiger partial charge in [-0.3, -0.25) is 4.90 Å². The monoisotopic (exact) mass is 234 g/mol. The van der Waals surface area contributed by atoms with Crippen LogP contribution in [0.1, 0.15) is 36.8 Å². The third-order valence-corrected chi connectivity index (χ3v) is 3.47. The molecule has 0 spiro atoms. The molecule has 0 radical (unpaired) electrons. The molecule has 3 nitrogen and oxygen atoms in total. The number of hydrogen-bond acceptors (Lipinski definition) is 3. The number of fused-ring (bicyclic) bond motifs is 1. The molecule has 0 saturated carbocycles. The van der Waals surface area contributed by atoms with Crippen LogP contribution in [-0.4, -0.2) is 23.2 Å². The van der Waals surface area contributed by atoms with E-state index in [0.29, 0.717) is 6.61 Å². The maximum absolute atomic E-state index is 8.70. The minimum absolute atomic E-state index is 0.325. The van der Waals surface area contributed by atoms with Crippen LogP contribution in [0, 0.1) is 0 Å². The number of aliphatic hydroxyl groups excluding tert-OH is 1. The van der Waals surface area contributed by atoms with Gasteiger partial charge in [0.1, 0.15) is 0 Å². The SMILES string of the molecule is Nc1cccc2c1CN(CCCCCCO)C2. The van der Waals surface area contributed by atoms with Gasteiger partial charge in [-0.25, -0.2) is 0 Å². The zero-order valence-corrected chi connectivity index (χ0v) is 10.4. The highest BCUT2D eigenvalue weighted by molar-refractivity contribution is 5.52. The van der Waals surface area contributed by atoms with E-state index in [1.807, 2.05) is 12.1 Å². The van der Waals surface area contributed by atoms with Crippen molar-refractivity contribution in [2.24, 2.45) is 0 Å². The van der Waals surface area contributed by atoms with Crippen LogP contribution >= 0.6 is 0 Å². The lowest BCUT2D eigenvalue weighted by Crippen LogP contribution is -2.17. The lowest BCUT2D eigenvalue weighted by Gasteiger charge is -2.14. The summed E-state index contributed by atoms with van der Waals surface area (Å²) < 4.78 is 0. The van der Waals surface area contributed by atoms with E-state index in [1.165, 1.54) is 24.0 Å². The molecule has 1 heterocycles. The molecule has 1 aromatic carbocycles. The number of aliphatic hydroxyl groups is 1. The van der Waals surface area contributed by atoms with Crippen molar-refractivity contribution in [3.05, 3.63) is 29.3 Å². The summed E-state index contributed by atoms with van der Waals surface area (Å²) in [6.07, 6.45) is 4.50. The molecule has 0 bridgehead atoms. The third-order valence-electron chi connectivity index (χ3n) is 3.47. The van der Waals surface area contributed by atoms with Gasteiger partial charge in [-0.05, 0) is 36.6 Å². The van der Waals surface area contributed by atoms with E-state index in [1.54, 1.807) is 0 Å². The summed E-state index contributed by atoms with van der Waals surface area (Å²) in [5, 5.41) is 8.70. The van der Waals surface area contributed by atoms with Crippen LogP contribution < -0.4 is 5.73 Å². The highest BCUT2D eigenvalue weighted by Crippen LogP contribution is 2.27. The molecule has 2 rings (SSSR count). The molecule has 0 atom stereocenters. The van der Waals surface area contributed by atoms with E-state index in [9.17, 15) is 0 Å². The molecule has 0 saturated heterocycles. The van der Waals surface area contributed by atoms with Gasteiger partial charge in [-0.2, -0.15) is 0 Å². The zero-order chi connectivity index (χ0) is 12.1. The molecular weight excluding hydrogens is 212 g/mol. The minimum Gasteiger partial charge on any atom is -0.398 e. The maximum Gasteiger partial charge on any atom is 0.0431 e. The summed E-state index contributed by atoms with van der Waals surface area (Å²) in [5.74, 6) is 0. The molecular formula is C14H22N2O. The first-order valence-corrected chi connectivity index (χ1v) is 6.50. The van der Waals surface area contributed by atoms with E-state index >= 15 is 0 Å². The molecule has 0 fully saturated rings. The number of rotatable bonds is 6. The molecule has 17 heavy (non-hydrogen) atoms. The van der Waals surface area contributed by atoms with Crippen molar-refractivity contribution in [2.75, 3.05) is 18.9 Å². The average Bonchev–Trinajstić information content (AvgIpc) is 2.73. The summed E-state index contributed by atoms with van der Waals surface area (Å²) in [5.41, 5.74) is 9.62. The Balaban J connectivity index is 1.75.